The number of benzene rings is 2. The van der Waals surface area contributed by atoms with Crippen LogP contribution in [-0.2, 0) is 52.3 Å². The van der Waals surface area contributed by atoms with Crippen LogP contribution in [-0.4, -0.2) is 79.5 Å². The Balaban J connectivity index is 1.51. The molecule has 1 saturated heterocycles. The van der Waals surface area contributed by atoms with E-state index in [2.05, 4.69) is 14.7 Å². The second kappa shape index (κ2) is 12.3. The average Bonchev–Trinajstić information content (AvgIpc) is 3.59. The van der Waals surface area contributed by atoms with Gasteiger partial charge in [0.15, 0.2) is 0 Å². The molecule has 0 spiro atoms. The number of aromatic nitrogens is 2. The van der Waals surface area contributed by atoms with Crippen molar-refractivity contribution >= 4 is 20.0 Å². The van der Waals surface area contributed by atoms with Gasteiger partial charge >= 0.3 is 6.18 Å². The van der Waals surface area contributed by atoms with Gasteiger partial charge in [-0.3, -0.25) is 4.68 Å². The third kappa shape index (κ3) is 7.29. The van der Waals surface area contributed by atoms with E-state index in [1.54, 1.807) is 10.7 Å². The van der Waals surface area contributed by atoms with E-state index < -0.39 is 44.4 Å². The van der Waals surface area contributed by atoms with E-state index in [1.807, 2.05) is 0 Å². The molecule has 0 radical (unpaired) electrons. The zero-order chi connectivity index (χ0) is 31.0. The van der Waals surface area contributed by atoms with Crippen molar-refractivity contribution in [2.24, 2.45) is 0 Å². The molecule has 1 aromatic heterocycles. The molecule has 0 bridgehead atoms. The lowest BCUT2D eigenvalue weighted by Crippen LogP contribution is -2.37. The van der Waals surface area contributed by atoms with Gasteiger partial charge in [0.25, 0.3) is 0 Å². The van der Waals surface area contributed by atoms with Crippen LogP contribution in [0.5, 0.6) is 0 Å². The summed E-state index contributed by atoms with van der Waals surface area (Å²) in [5, 5.41) is 15.5. The number of alkyl halides is 3. The van der Waals surface area contributed by atoms with Crippen LogP contribution in [0.4, 0.5) is 13.2 Å². The Morgan fingerprint density at radius 3 is 2.35 bits per heavy atom. The summed E-state index contributed by atoms with van der Waals surface area (Å²) in [5.41, 5.74) is 0.512. The lowest BCUT2D eigenvalue weighted by atomic mass is 9.97. The summed E-state index contributed by atoms with van der Waals surface area (Å²) in [6, 6.07) is 10.7. The van der Waals surface area contributed by atoms with Crippen molar-refractivity contribution < 1.29 is 35.1 Å². The van der Waals surface area contributed by atoms with E-state index in [0.29, 0.717) is 24.2 Å². The number of halogens is 3. The van der Waals surface area contributed by atoms with Gasteiger partial charge in [-0.15, -0.1) is 0 Å². The second-order valence-corrected chi connectivity index (χ2v) is 14.7. The molecule has 0 amide bonds. The zero-order valence-corrected chi connectivity index (χ0v) is 25.2. The summed E-state index contributed by atoms with van der Waals surface area (Å²) >= 11 is 0. The van der Waals surface area contributed by atoms with Gasteiger partial charge in [-0.2, -0.15) is 22.6 Å². The van der Waals surface area contributed by atoms with E-state index in [-0.39, 0.29) is 41.4 Å². The Morgan fingerprint density at radius 2 is 1.70 bits per heavy atom. The van der Waals surface area contributed by atoms with Crippen LogP contribution in [0.15, 0.2) is 53.4 Å². The molecule has 1 unspecified atom stereocenters. The fourth-order valence-corrected chi connectivity index (χ4v) is 7.49. The molecule has 1 fully saturated rings. The van der Waals surface area contributed by atoms with Gasteiger partial charge in [-0.25, -0.2) is 21.6 Å². The third-order valence-corrected chi connectivity index (χ3v) is 10.5. The lowest BCUT2D eigenvalue weighted by Gasteiger charge is -2.26. The molecule has 2 aromatic carbocycles. The predicted octanol–water partition coefficient (Wildman–Crippen LogP) is 2.82. The molecule has 234 valence electrons. The van der Waals surface area contributed by atoms with Crippen LogP contribution in [0.25, 0.3) is 11.3 Å². The number of rotatable bonds is 10. The van der Waals surface area contributed by atoms with E-state index in [4.69, 9.17) is 0 Å². The Kier molecular flexibility index (Phi) is 9.03. The van der Waals surface area contributed by atoms with Crippen molar-refractivity contribution in [1.29, 1.82) is 0 Å². The fourth-order valence-electron chi connectivity index (χ4n) is 5.67. The number of hydrogen-bond donors (Lipinski definition) is 2. The number of β-amino-alcohol motifs (C(OH)–C–C–N with tert-alkyl or cyclic N) is 1. The average molecular weight is 642 g/mol. The van der Waals surface area contributed by atoms with E-state index in [0.717, 1.165) is 38.3 Å². The number of aliphatic hydroxyl groups is 1. The second-order valence-electron chi connectivity index (χ2n) is 11.0. The molecular weight excluding hydrogens is 607 g/mol. The van der Waals surface area contributed by atoms with Crippen LogP contribution in [0.3, 0.4) is 0 Å². The highest BCUT2D eigenvalue weighted by Gasteiger charge is 2.35. The highest BCUT2D eigenvalue weighted by Crippen LogP contribution is 2.37. The first kappa shape index (κ1) is 31.6. The quantitative estimate of drug-likeness (QED) is 0.349. The Hall–Kier alpha value is -2.82. The minimum atomic E-state index is -4.75. The number of likely N-dealkylation sites (tertiary alicyclic amines) is 1. The van der Waals surface area contributed by atoms with Crippen LogP contribution in [0.1, 0.15) is 35.2 Å². The van der Waals surface area contributed by atoms with E-state index >= 15 is 0 Å². The zero-order valence-electron chi connectivity index (χ0n) is 23.6. The van der Waals surface area contributed by atoms with Gasteiger partial charge in [0.05, 0.1) is 35.1 Å². The topological polar surface area (TPSA) is 125 Å². The van der Waals surface area contributed by atoms with Gasteiger partial charge in [-0.05, 0) is 55.8 Å². The molecule has 15 heteroatoms. The van der Waals surface area contributed by atoms with Crippen LogP contribution < -0.4 is 4.72 Å². The molecule has 5 rings (SSSR count). The minimum Gasteiger partial charge on any atom is -0.390 e. The Morgan fingerprint density at radius 1 is 1.00 bits per heavy atom. The van der Waals surface area contributed by atoms with Gasteiger partial charge in [-0.1, -0.05) is 24.3 Å². The predicted molar refractivity (Wildman–Crippen MR) is 154 cm³/mol. The molecule has 1 atom stereocenters. The van der Waals surface area contributed by atoms with Crippen LogP contribution >= 0.6 is 0 Å². The number of nitrogens with zero attached hydrogens (tertiary/aromatic N) is 4. The minimum absolute atomic E-state index is 0.0251. The normalized spacial score (nSPS) is 17.7. The summed E-state index contributed by atoms with van der Waals surface area (Å²) in [7, 11) is -7.67. The monoisotopic (exact) mass is 641 g/mol. The summed E-state index contributed by atoms with van der Waals surface area (Å²) in [5.74, 6) is 0. The molecular formula is C28H34F3N5O5S2. The van der Waals surface area contributed by atoms with Crippen molar-refractivity contribution in [3.63, 3.8) is 0 Å². The molecule has 2 aliphatic rings. The summed E-state index contributed by atoms with van der Waals surface area (Å²) < 4.78 is 97.5. The summed E-state index contributed by atoms with van der Waals surface area (Å²) in [6.45, 7) is 1.93. The maximum Gasteiger partial charge on any atom is 0.416 e. The first-order chi connectivity index (χ1) is 20.2. The molecule has 2 aliphatic heterocycles. The highest BCUT2D eigenvalue weighted by molar-refractivity contribution is 7.89. The van der Waals surface area contributed by atoms with Gasteiger partial charge in [0.1, 0.15) is 0 Å². The standard InChI is InChI=1S/C28H34F3N5O5S2/c1-42(38,39)35-14-11-26-24(19-35)27(33-36(26)18-22(37)17-34-12-5-6-13-34)20-9-10-25(28(29,30)31)21(15-20)16-32-43(40,41)23-7-3-2-4-8-23/h2-4,7-10,15,22,32,37H,5-6,11-14,16-19H2,1H3. The molecule has 3 aromatic rings. The number of sulfonamides is 2. The first-order valence-electron chi connectivity index (χ1n) is 13.9. The van der Waals surface area contributed by atoms with Crippen LogP contribution in [0.2, 0.25) is 0 Å². The van der Waals surface area contributed by atoms with Gasteiger partial charge in [0, 0.05) is 49.4 Å². The number of fused-ring (bicyclic) bond motifs is 1. The summed E-state index contributed by atoms with van der Waals surface area (Å²) in [4.78, 5) is 2.08. The maximum atomic E-state index is 14.0. The van der Waals surface area contributed by atoms with Gasteiger partial charge < -0.3 is 10.0 Å². The molecule has 3 heterocycles. The molecule has 10 nitrogen and oxygen atoms in total. The largest absolute Gasteiger partial charge is 0.416 e. The number of aliphatic hydroxyl groups excluding tert-OH is 1. The number of nitrogens with one attached hydrogen (secondary N) is 1. The summed E-state index contributed by atoms with van der Waals surface area (Å²) in [6.07, 6.45) is -1.97. The molecule has 0 saturated carbocycles. The molecule has 0 aliphatic carbocycles. The lowest BCUT2D eigenvalue weighted by molar-refractivity contribution is -0.138. The SMILES string of the molecule is CS(=O)(=O)N1CCc2c(c(-c3ccc(C(F)(F)F)c(CNS(=O)(=O)c4ccccc4)c3)nn2CC(O)CN2CCCC2)C1. The van der Waals surface area contributed by atoms with Crippen molar-refractivity contribution in [1.82, 2.24) is 23.7 Å². The molecule has 2 N–H and O–H groups in total. The van der Waals surface area contributed by atoms with Crippen molar-refractivity contribution in [3.05, 3.63) is 70.9 Å². The van der Waals surface area contributed by atoms with E-state index in [1.165, 1.54) is 40.7 Å². The van der Waals surface area contributed by atoms with Crippen LogP contribution in [0, 0.1) is 0 Å². The maximum absolute atomic E-state index is 14.0. The smallest absolute Gasteiger partial charge is 0.390 e. The third-order valence-electron chi connectivity index (χ3n) is 7.81. The van der Waals surface area contributed by atoms with Crippen molar-refractivity contribution in [3.8, 4) is 11.3 Å². The van der Waals surface area contributed by atoms with Crippen molar-refractivity contribution in [2.75, 3.05) is 32.4 Å². The van der Waals surface area contributed by atoms with Crippen molar-refractivity contribution in [2.45, 2.75) is 56.1 Å². The Labute approximate surface area is 249 Å². The highest BCUT2D eigenvalue weighted by atomic mass is 32.2. The number of hydrogen-bond acceptors (Lipinski definition) is 7. The molecule has 43 heavy (non-hydrogen) atoms. The Bertz CT molecular complexity index is 1670. The van der Waals surface area contributed by atoms with Gasteiger partial charge in [0.2, 0.25) is 20.0 Å². The fraction of sp³-hybridized carbons (Fsp3) is 0.464. The van der Waals surface area contributed by atoms with E-state index in [9.17, 15) is 35.1 Å². The first-order valence-corrected chi connectivity index (χ1v) is 17.2.